The number of fused-ring (bicyclic) bond motifs is 1. The van der Waals surface area contributed by atoms with E-state index in [1.165, 1.54) is 30.4 Å². The fourth-order valence-corrected chi connectivity index (χ4v) is 3.13. The van der Waals surface area contributed by atoms with Crippen LogP contribution in [0.3, 0.4) is 0 Å². The molecule has 1 aromatic carbocycles. The van der Waals surface area contributed by atoms with E-state index >= 15 is 0 Å². The van der Waals surface area contributed by atoms with Gasteiger partial charge < -0.3 is 15.8 Å². The van der Waals surface area contributed by atoms with Crippen molar-refractivity contribution in [3.8, 4) is 5.75 Å². The molecule has 0 atom stereocenters. The Kier molecular flexibility index (Phi) is 3.76. The second-order valence-corrected chi connectivity index (χ2v) is 6.06. The van der Waals surface area contributed by atoms with Gasteiger partial charge in [0.25, 0.3) is 0 Å². The average molecular weight is 260 g/mol. The molecule has 0 radical (unpaired) electrons. The molecule has 19 heavy (non-hydrogen) atoms. The maximum atomic E-state index is 5.88. The summed E-state index contributed by atoms with van der Waals surface area (Å²) < 4.78 is 5.64. The quantitative estimate of drug-likeness (QED) is 0.853. The Morgan fingerprint density at radius 3 is 2.89 bits per heavy atom. The van der Waals surface area contributed by atoms with E-state index in [0.717, 1.165) is 44.8 Å². The summed E-state index contributed by atoms with van der Waals surface area (Å²) in [7, 11) is 0. The van der Waals surface area contributed by atoms with Crippen molar-refractivity contribution in [2.45, 2.75) is 38.6 Å². The molecule has 0 aromatic heterocycles. The predicted molar refractivity (Wildman–Crippen MR) is 77.3 cm³/mol. The van der Waals surface area contributed by atoms with Gasteiger partial charge in [0, 0.05) is 13.1 Å². The molecule has 0 unspecified atom stereocenters. The zero-order valence-corrected chi connectivity index (χ0v) is 11.6. The SMILES string of the molecule is NCC1(CNCc2ccc3c(c2)CCCO3)CCC1. The largest absolute Gasteiger partial charge is 0.493 e. The van der Waals surface area contributed by atoms with Crippen molar-refractivity contribution < 1.29 is 4.74 Å². The molecule has 1 fully saturated rings. The summed E-state index contributed by atoms with van der Waals surface area (Å²) in [6.07, 6.45) is 6.20. The normalized spacial score (nSPS) is 20.3. The molecular weight excluding hydrogens is 236 g/mol. The monoisotopic (exact) mass is 260 g/mol. The number of ether oxygens (including phenoxy) is 1. The van der Waals surface area contributed by atoms with Crippen LogP contribution >= 0.6 is 0 Å². The van der Waals surface area contributed by atoms with E-state index in [1.807, 2.05) is 0 Å². The molecule has 104 valence electrons. The average Bonchev–Trinajstić information content (AvgIpc) is 2.42. The van der Waals surface area contributed by atoms with Gasteiger partial charge in [0.05, 0.1) is 6.61 Å². The Morgan fingerprint density at radius 1 is 1.26 bits per heavy atom. The van der Waals surface area contributed by atoms with Gasteiger partial charge >= 0.3 is 0 Å². The number of nitrogens with one attached hydrogen (secondary N) is 1. The van der Waals surface area contributed by atoms with Crippen molar-refractivity contribution in [1.29, 1.82) is 0 Å². The van der Waals surface area contributed by atoms with E-state index in [0.29, 0.717) is 5.41 Å². The van der Waals surface area contributed by atoms with Gasteiger partial charge in [-0.1, -0.05) is 18.6 Å². The molecule has 1 aliphatic heterocycles. The highest BCUT2D eigenvalue weighted by Gasteiger charge is 2.34. The number of rotatable bonds is 5. The van der Waals surface area contributed by atoms with Crippen LogP contribution < -0.4 is 15.8 Å². The van der Waals surface area contributed by atoms with Crippen LogP contribution in [0, 0.1) is 5.41 Å². The van der Waals surface area contributed by atoms with E-state index in [2.05, 4.69) is 23.5 Å². The van der Waals surface area contributed by atoms with Gasteiger partial charge in [0.1, 0.15) is 5.75 Å². The predicted octanol–water partition coefficient (Wildman–Crippen LogP) is 2.23. The van der Waals surface area contributed by atoms with E-state index in [9.17, 15) is 0 Å². The Morgan fingerprint density at radius 2 is 2.16 bits per heavy atom. The number of benzene rings is 1. The second-order valence-electron chi connectivity index (χ2n) is 6.06. The first-order valence-corrected chi connectivity index (χ1v) is 7.47. The Labute approximate surface area is 115 Å². The van der Waals surface area contributed by atoms with Gasteiger partial charge in [-0.2, -0.15) is 0 Å². The molecule has 3 rings (SSSR count). The van der Waals surface area contributed by atoms with Crippen LogP contribution in [0.25, 0.3) is 0 Å². The van der Waals surface area contributed by atoms with Crippen molar-refractivity contribution in [3.63, 3.8) is 0 Å². The van der Waals surface area contributed by atoms with Crippen molar-refractivity contribution in [1.82, 2.24) is 5.32 Å². The van der Waals surface area contributed by atoms with Crippen LogP contribution in [0.5, 0.6) is 5.75 Å². The lowest BCUT2D eigenvalue weighted by atomic mass is 9.69. The molecule has 1 heterocycles. The van der Waals surface area contributed by atoms with Gasteiger partial charge in [-0.05, 0) is 54.8 Å². The highest BCUT2D eigenvalue weighted by Crippen LogP contribution is 2.39. The van der Waals surface area contributed by atoms with Crippen LogP contribution in [0.1, 0.15) is 36.8 Å². The molecule has 1 aromatic rings. The van der Waals surface area contributed by atoms with Crippen LogP contribution in [-0.4, -0.2) is 19.7 Å². The van der Waals surface area contributed by atoms with Gasteiger partial charge in [-0.15, -0.1) is 0 Å². The zero-order valence-electron chi connectivity index (χ0n) is 11.6. The third-order valence-electron chi connectivity index (χ3n) is 4.65. The smallest absolute Gasteiger partial charge is 0.122 e. The summed E-state index contributed by atoms with van der Waals surface area (Å²) in [4.78, 5) is 0. The fraction of sp³-hybridized carbons (Fsp3) is 0.625. The minimum absolute atomic E-state index is 0.386. The third-order valence-corrected chi connectivity index (χ3v) is 4.65. The molecular formula is C16H24N2O. The van der Waals surface area contributed by atoms with Crippen LogP contribution in [-0.2, 0) is 13.0 Å². The summed E-state index contributed by atoms with van der Waals surface area (Å²) in [6, 6.07) is 6.58. The van der Waals surface area contributed by atoms with Gasteiger partial charge in [-0.3, -0.25) is 0 Å². The number of hydrogen-bond donors (Lipinski definition) is 2. The molecule has 0 bridgehead atoms. The lowest BCUT2D eigenvalue weighted by Gasteiger charge is -2.41. The van der Waals surface area contributed by atoms with Crippen LogP contribution in [0.2, 0.25) is 0 Å². The molecule has 0 saturated heterocycles. The molecule has 2 aliphatic rings. The molecule has 1 aliphatic carbocycles. The van der Waals surface area contributed by atoms with Crippen molar-refractivity contribution >= 4 is 0 Å². The lowest BCUT2D eigenvalue weighted by Crippen LogP contribution is -2.45. The van der Waals surface area contributed by atoms with Crippen molar-refractivity contribution in [2.75, 3.05) is 19.7 Å². The Hall–Kier alpha value is -1.06. The Bertz CT molecular complexity index is 435. The summed E-state index contributed by atoms with van der Waals surface area (Å²) in [5.74, 6) is 1.08. The van der Waals surface area contributed by atoms with E-state index in [4.69, 9.17) is 10.5 Å². The molecule has 3 heteroatoms. The summed E-state index contributed by atoms with van der Waals surface area (Å²) in [6.45, 7) is 3.67. The van der Waals surface area contributed by atoms with Gasteiger partial charge in [0.15, 0.2) is 0 Å². The van der Waals surface area contributed by atoms with Crippen LogP contribution in [0.15, 0.2) is 18.2 Å². The minimum Gasteiger partial charge on any atom is -0.493 e. The van der Waals surface area contributed by atoms with Crippen molar-refractivity contribution in [3.05, 3.63) is 29.3 Å². The first-order chi connectivity index (χ1) is 9.31. The highest BCUT2D eigenvalue weighted by molar-refractivity contribution is 5.38. The zero-order chi connectivity index (χ0) is 13.1. The fourth-order valence-electron chi connectivity index (χ4n) is 3.13. The van der Waals surface area contributed by atoms with Crippen LogP contribution in [0.4, 0.5) is 0 Å². The molecule has 0 spiro atoms. The number of hydrogen-bond acceptors (Lipinski definition) is 3. The van der Waals surface area contributed by atoms with E-state index in [1.54, 1.807) is 0 Å². The number of aryl methyl sites for hydroxylation is 1. The third kappa shape index (κ3) is 2.77. The molecule has 3 nitrogen and oxygen atoms in total. The lowest BCUT2D eigenvalue weighted by molar-refractivity contribution is 0.141. The maximum Gasteiger partial charge on any atom is 0.122 e. The first kappa shape index (κ1) is 12.9. The second kappa shape index (κ2) is 5.51. The van der Waals surface area contributed by atoms with Gasteiger partial charge in [-0.25, -0.2) is 0 Å². The number of nitrogens with two attached hydrogens (primary N) is 1. The topological polar surface area (TPSA) is 47.3 Å². The summed E-state index contributed by atoms with van der Waals surface area (Å²) in [5.41, 5.74) is 8.99. The summed E-state index contributed by atoms with van der Waals surface area (Å²) in [5, 5.41) is 3.58. The Balaban J connectivity index is 1.55. The summed E-state index contributed by atoms with van der Waals surface area (Å²) >= 11 is 0. The van der Waals surface area contributed by atoms with E-state index in [-0.39, 0.29) is 0 Å². The molecule has 1 saturated carbocycles. The molecule has 0 amide bonds. The van der Waals surface area contributed by atoms with E-state index < -0.39 is 0 Å². The first-order valence-electron chi connectivity index (χ1n) is 7.47. The van der Waals surface area contributed by atoms with Crippen molar-refractivity contribution in [2.24, 2.45) is 11.1 Å². The highest BCUT2D eigenvalue weighted by atomic mass is 16.5. The minimum atomic E-state index is 0.386. The standard InChI is InChI=1S/C16H24N2O/c17-11-16(6-2-7-16)12-18-10-13-4-5-15-14(9-13)3-1-8-19-15/h4-5,9,18H,1-3,6-8,10-12,17H2. The van der Waals surface area contributed by atoms with Gasteiger partial charge in [0.2, 0.25) is 0 Å². The molecule has 3 N–H and O–H groups in total. The maximum absolute atomic E-state index is 5.88.